The molecule has 2 heterocycles. The summed E-state index contributed by atoms with van der Waals surface area (Å²) >= 11 is 11.4. The Labute approximate surface area is 148 Å². The molecule has 0 fully saturated rings. The Bertz CT molecular complexity index is 742. The summed E-state index contributed by atoms with van der Waals surface area (Å²) in [4.78, 5) is 2.34. The minimum atomic E-state index is -0.225. The molecule has 0 radical (unpaired) electrons. The highest BCUT2D eigenvalue weighted by Gasteiger charge is 2.18. The Morgan fingerprint density at radius 2 is 2.00 bits per heavy atom. The summed E-state index contributed by atoms with van der Waals surface area (Å²) in [5.41, 5.74) is 0.917. The number of anilines is 1. The van der Waals surface area contributed by atoms with E-state index in [-0.39, 0.29) is 11.9 Å². The lowest BCUT2D eigenvalue weighted by atomic mass is 10.2. The Morgan fingerprint density at radius 3 is 2.62 bits per heavy atom. The molecule has 0 amide bonds. The van der Waals surface area contributed by atoms with Gasteiger partial charge in [0.2, 0.25) is 0 Å². The zero-order chi connectivity index (χ0) is 14.8. The van der Waals surface area contributed by atoms with Gasteiger partial charge in [-0.25, -0.2) is 4.39 Å². The summed E-state index contributed by atoms with van der Waals surface area (Å²) < 4.78 is 14.9. The third-order valence-electron chi connectivity index (χ3n) is 2.94. The molecule has 1 nitrogen and oxygen atoms in total. The van der Waals surface area contributed by atoms with Gasteiger partial charge in [0, 0.05) is 19.0 Å². The van der Waals surface area contributed by atoms with E-state index in [1.165, 1.54) is 17.0 Å². The molecule has 21 heavy (non-hydrogen) atoms. The van der Waals surface area contributed by atoms with Crippen LogP contribution >= 0.6 is 56.9 Å². The van der Waals surface area contributed by atoms with Crippen LogP contribution in [0.25, 0.3) is 0 Å². The van der Waals surface area contributed by atoms with Gasteiger partial charge in [-0.1, -0.05) is 17.7 Å². The van der Waals surface area contributed by atoms with Crippen LogP contribution < -0.4 is 5.32 Å². The molecule has 0 aliphatic rings. The van der Waals surface area contributed by atoms with Gasteiger partial charge in [-0.2, -0.15) is 0 Å². The van der Waals surface area contributed by atoms with Crippen molar-refractivity contribution in [1.82, 2.24) is 0 Å². The fourth-order valence-electron chi connectivity index (χ4n) is 1.98. The smallest absolute Gasteiger partial charge is 0.124 e. The number of nitrogens with one attached hydrogen (secondary N) is 1. The summed E-state index contributed by atoms with van der Waals surface area (Å²) in [6.45, 7) is 0. The van der Waals surface area contributed by atoms with E-state index in [0.717, 1.165) is 18.5 Å². The van der Waals surface area contributed by atoms with E-state index >= 15 is 0 Å². The normalized spacial score (nSPS) is 12.3. The summed E-state index contributed by atoms with van der Waals surface area (Å²) in [7, 11) is 0. The molecule has 108 valence electrons. The molecule has 6 heteroatoms. The van der Waals surface area contributed by atoms with Crippen LogP contribution in [0.2, 0.25) is 4.34 Å². The van der Waals surface area contributed by atoms with Gasteiger partial charge in [-0.15, -0.1) is 22.7 Å². The fraction of sp³-hybridized carbons (Fsp3) is 0.0667. The van der Waals surface area contributed by atoms with Crippen LogP contribution in [0.1, 0.15) is 15.8 Å². The molecule has 0 aliphatic heterocycles. The standard InChI is InChI=1S/C15H10ClFINS2/c16-14-6-5-13(21-14)15(12-2-1-7-20-12)19-11-4-3-9(17)8-10(11)18/h1-8,15,19H. The lowest BCUT2D eigenvalue weighted by molar-refractivity contribution is 0.627. The molecule has 1 aromatic carbocycles. The number of rotatable bonds is 4. The van der Waals surface area contributed by atoms with Crippen LogP contribution in [-0.2, 0) is 0 Å². The summed E-state index contributed by atoms with van der Waals surface area (Å²) in [6, 6.07) is 12.8. The molecule has 3 aromatic rings. The van der Waals surface area contributed by atoms with E-state index in [1.54, 1.807) is 28.7 Å². The van der Waals surface area contributed by atoms with Crippen LogP contribution in [0, 0.1) is 9.39 Å². The van der Waals surface area contributed by atoms with E-state index < -0.39 is 0 Å². The van der Waals surface area contributed by atoms with Crippen molar-refractivity contribution in [3.63, 3.8) is 0 Å². The van der Waals surface area contributed by atoms with Crippen molar-refractivity contribution >= 4 is 62.6 Å². The van der Waals surface area contributed by atoms with Crippen molar-refractivity contribution in [3.8, 4) is 0 Å². The van der Waals surface area contributed by atoms with Crippen molar-refractivity contribution in [3.05, 3.63) is 71.3 Å². The average Bonchev–Trinajstić information content (AvgIpc) is 3.09. The monoisotopic (exact) mass is 449 g/mol. The van der Waals surface area contributed by atoms with E-state index in [0.29, 0.717) is 0 Å². The lowest BCUT2D eigenvalue weighted by Crippen LogP contribution is -2.10. The lowest BCUT2D eigenvalue weighted by Gasteiger charge is -2.18. The van der Waals surface area contributed by atoms with Gasteiger partial charge in [0.15, 0.2) is 0 Å². The molecule has 0 spiro atoms. The molecular formula is C15H10ClFINS2. The van der Waals surface area contributed by atoms with Gasteiger partial charge in [0.05, 0.1) is 10.4 Å². The summed E-state index contributed by atoms with van der Waals surface area (Å²) in [5, 5.41) is 5.55. The van der Waals surface area contributed by atoms with Crippen molar-refractivity contribution in [1.29, 1.82) is 0 Å². The van der Waals surface area contributed by atoms with E-state index in [4.69, 9.17) is 11.6 Å². The quantitative estimate of drug-likeness (QED) is 0.454. The highest BCUT2D eigenvalue weighted by atomic mass is 127. The Hall–Kier alpha value is -0.630. The maximum absolute atomic E-state index is 13.2. The molecule has 1 atom stereocenters. The fourth-order valence-corrected chi connectivity index (χ4v) is 4.62. The second-order valence-corrected chi connectivity index (χ2v) is 8.25. The van der Waals surface area contributed by atoms with Crippen molar-refractivity contribution in [2.45, 2.75) is 6.04 Å². The number of thiophene rings is 2. The first kappa shape index (κ1) is 15.3. The number of benzene rings is 1. The first-order valence-corrected chi connectivity index (χ1v) is 9.29. The van der Waals surface area contributed by atoms with Crippen LogP contribution in [0.15, 0.2) is 47.8 Å². The van der Waals surface area contributed by atoms with Crippen LogP contribution in [0.3, 0.4) is 0 Å². The SMILES string of the molecule is Fc1ccc(NC(c2cccs2)c2ccc(Cl)s2)c(I)c1. The molecule has 3 rings (SSSR count). The van der Waals surface area contributed by atoms with Crippen molar-refractivity contribution < 1.29 is 4.39 Å². The molecule has 0 aliphatic carbocycles. The summed E-state index contributed by atoms with van der Waals surface area (Å²) in [6.07, 6.45) is 0. The van der Waals surface area contributed by atoms with Crippen LogP contribution in [0.5, 0.6) is 0 Å². The van der Waals surface area contributed by atoms with Gasteiger partial charge >= 0.3 is 0 Å². The van der Waals surface area contributed by atoms with Crippen LogP contribution in [0.4, 0.5) is 10.1 Å². The maximum atomic E-state index is 13.2. The second-order valence-electron chi connectivity index (χ2n) is 4.36. The minimum Gasteiger partial charge on any atom is -0.372 e. The van der Waals surface area contributed by atoms with Gasteiger partial charge < -0.3 is 5.32 Å². The molecule has 1 N–H and O–H groups in total. The Morgan fingerprint density at radius 1 is 1.14 bits per heavy atom. The molecule has 0 saturated carbocycles. The van der Waals surface area contributed by atoms with Gasteiger partial charge in [0.25, 0.3) is 0 Å². The number of hydrogen-bond acceptors (Lipinski definition) is 3. The Balaban J connectivity index is 1.96. The van der Waals surface area contributed by atoms with Crippen molar-refractivity contribution in [2.24, 2.45) is 0 Å². The molecule has 0 saturated heterocycles. The number of halogens is 3. The van der Waals surface area contributed by atoms with Gasteiger partial charge in [-0.3, -0.25) is 0 Å². The van der Waals surface area contributed by atoms with Gasteiger partial charge in [0.1, 0.15) is 5.82 Å². The molecule has 2 aromatic heterocycles. The first-order valence-electron chi connectivity index (χ1n) is 6.14. The minimum absolute atomic E-state index is 0.0291. The third-order valence-corrected chi connectivity index (χ3v) is 6.06. The largest absolute Gasteiger partial charge is 0.372 e. The predicted molar refractivity (Wildman–Crippen MR) is 98.2 cm³/mol. The average molecular weight is 450 g/mol. The summed E-state index contributed by atoms with van der Waals surface area (Å²) in [5.74, 6) is -0.225. The molecular weight excluding hydrogens is 440 g/mol. The van der Waals surface area contributed by atoms with E-state index in [9.17, 15) is 4.39 Å². The van der Waals surface area contributed by atoms with E-state index in [1.807, 2.05) is 18.2 Å². The third kappa shape index (κ3) is 3.59. The van der Waals surface area contributed by atoms with Crippen LogP contribution in [-0.4, -0.2) is 0 Å². The van der Waals surface area contributed by atoms with E-state index in [2.05, 4.69) is 39.4 Å². The molecule has 0 bridgehead atoms. The maximum Gasteiger partial charge on any atom is 0.124 e. The Kier molecular flexibility index (Phi) is 4.83. The zero-order valence-electron chi connectivity index (χ0n) is 10.6. The van der Waals surface area contributed by atoms with Crippen molar-refractivity contribution in [2.75, 3.05) is 5.32 Å². The highest BCUT2D eigenvalue weighted by molar-refractivity contribution is 14.1. The molecule has 1 unspecified atom stereocenters. The predicted octanol–water partition coefficient (Wildman–Crippen LogP) is 6.41. The topological polar surface area (TPSA) is 12.0 Å². The van der Waals surface area contributed by atoms with Gasteiger partial charge in [-0.05, 0) is 64.4 Å². The highest BCUT2D eigenvalue weighted by Crippen LogP contribution is 2.36. The number of hydrogen-bond donors (Lipinski definition) is 1. The first-order chi connectivity index (χ1) is 10.1. The second kappa shape index (κ2) is 6.64. The zero-order valence-corrected chi connectivity index (χ0v) is 15.2.